The number of carbonyl (C=O) groups excluding carboxylic acids is 2. The number of hydrogen-bond donors (Lipinski definition) is 1. The molecule has 1 saturated heterocycles. The fraction of sp³-hybridized carbons (Fsp3) is 0.182. The van der Waals surface area contributed by atoms with Crippen LogP contribution in [0.25, 0.3) is 11.4 Å². The first-order valence-corrected chi connectivity index (χ1v) is 10.7. The third-order valence-electron chi connectivity index (χ3n) is 5.47. The molecular weight excluding hydrogens is 428 g/mol. The van der Waals surface area contributed by atoms with Gasteiger partial charge in [0, 0.05) is 18.6 Å². The summed E-state index contributed by atoms with van der Waals surface area (Å²) in [5.41, 5.74) is 3.00. The number of ketones is 1. The van der Waals surface area contributed by atoms with Gasteiger partial charge in [0.05, 0.1) is 17.3 Å². The van der Waals surface area contributed by atoms with Gasteiger partial charge in [-0.2, -0.15) is 0 Å². The fourth-order valence-corrected chi connectivity index (χ4v) is 4.65. The average molecular weight is 446 g/mol. The number of Topliss-reactive ketones (excluding diaryl/α,β-unsaturated/α-hetero) is 1. The van der Waals surface area contributed by atoms with E-state index in [9.17, 15) is 14.7 Å². The maximum Gasteiger partial charge on any atom is 0.301 e. The smallest absolute Gasteiger partial charge is 0.301 e. The molecule has 5 heterocycles. The van der Waals surface area contributed by atoms with Gasteiger partial charge in [-0.15, -0.1) is 10.2 Å². The molecule has 0 aromatic carbocycles. The Hall–Kier alpha value is -3.92. The summed E-state index contributed by atoms with van der Waals surface area (Å²) in [4.78, 5) is 36.2. The minimum atomic E-state index is -0.902. The number of hydrogen-bond acceptors (Lipinski definition) is 8. The summed E-state index contributed by atoms with van der Waals surface area (Å²) in [6.07, 6.45) is 4.99. The molecule has 5 rings (SSSR count). The quantitative estimate of drug-likeness (QED) is 0.292. The van der Waals surface area contributed by atoms with E-state index >= 15 is 0 Å². The van der Waals surface area contributed by atoms with Crippen LogP contribution in [0.1, 0.15) is 33.6 Å². The molecule has 0 bridgehead atoms. The van der Waals surface area contributed by atoms with Crippen molar-refractivity contribution in [2.45, 2.75) is 26.8 Å². The number of aliphatic hydroxyl groups is 1. The van der Waals surface area contributed by atoms with Crippen LogP contribution in [0.15, 0.2) is 48.4 Å². The van der Waals surface area contributed by atoms with E-state index in [1.165, 1.54) is 16.2 Å². The largest absolute Gasteiger partial charge is 0.505 e. The number of imidazole rings is 1. The van der Waals surface area contributed by atoms with E-state index in [4.69, 9.17) is 0 Å². The van der Waals surface area contributed by atoms with Crippen molar-refractivity contribution in [3.8, 4) is 0 Å². The third-order valence-corrected chi connectivity index (χ3v) is 6.31. The van der Waals surface area contributed by atoms with Gasteiger partial charge < -0.3 is 9.51 Å². The predicted molar refractivity (Wildman–Crippen MR) is 118 cm³/mol. The molecule has 32 heavy (non-hydrogen) atoms. The van der Waals surface area contributed by atoms with Crippen molar-refractivity contribution in [2.24, 2.45) is 0 Å². The molecule has 1 unspecified atom stereocenters. The Labute approximate surface area is 186 Å². The first-order valence-electron chi connectivity index (χ1n) is 9.84. The van der Waals surface area contributed by atoms with Crippen LogP contribution in [0.3, 0.4) is 0 Å². The summed E-state index contributed by atoms with van der Waals surface area (Å²) in [7, 11) is 0. The minimum absolute atomic E-state index is 0.0555. The lowest BCUT2D eigenvalue weighted by Crippen LogP contribution is -2.29. The number of pyridine rings is 2. The summed E-state index contributed by atoms with van der Waals surface area (Å²) >= 11 is 1.19. The van der Waals surface area contributed by atoms with Crippen molar-refractivity contribution >= 4 is 39.6 Å². The summed E-state index contributed by atoms with van der Waals surface area (Å²) in [6.45, 7) is 5.48. The topological polar surface area (TPSA) is 114 Å². The molecule has 0 spiro atoms. The Bertz CT molecular complexity index is 1420. The van der Waals surface area contributed by atoms with E-state index in [0.717, 1.165) is 5.56 Å². The van der Waals surface area contributed by atoms with Crippen molar-refractivity contribution in [2.75, 3.05) is 4.90 Å². The zero-order valence-electron chi connectivity index (χ0n) is 17.5. The number of aromatic nitrogens is 5. The summed E-state index contributed by atoms with van der Waals surface area (Å²) in [5, 5.41) is 20.3. The Morgan fingerprint density at radius 3 is 2.59 bits per heavy atom. The van der Waals surface area contributed by atoms with Crippen LogP contribution in [0.5, 0.6) is 0 Å². The lowest BCUT2D eigenvalue weighted by atomic mass is 9.98. The highest BCUT2D eigenvalue weighted by Gasteiger charge is 2.48. The highest BCUT2D eigenvalue weighted by atomic mass is 32.1. The number of nitrogens with zero attached hydrogens (tertiary/aromatic N) is 6. The van der Waals surface area contributed by atoms with Crippen LogP contribution in [0, 0.1) is 20.8 Å². The number of aliphatic hydroxyl groups excluding tert-OH is 1. The fourth-order valence-electron chi connectivity index (χ4n) is 3.94. The third kappa shape index (κ3) is 2.91. The van der Waals surface area contributed by atoms with Gasteiger partial charge in [-0.3, -0.25) is 19.5 Å². The van der Waals surface area contributed by atoms with E-state index in [-0.39, 0.29) is 22.2 Å². The zero-order valence-corrected chi connectivity index (χ0v) is 18.3. The van der Waals surface area contributed by atoms with Gasteiger partial charge in [0.25, 0.3) is 5.78 Å². The Kier molecular flexibility index (Phi) is 4.59. The number of aryl methyl sites for hydroxylation is 3. The molecule has 1 atom stereocenters. The molecule has 10 heteroatoms. The van der Waals surface area contributed by atoms with E-state index in [1.54, 1.807) is 38.4 Å². The SMILES string of the molecule is Cc1nnc(N2C(=O)C(=O)C(=C(O)c3nc4c(C)cccn4c3C)C2c2cccnc2)s1. The zero-order chi connectivity index (χ0) is 22.6. The van der Waals surface area contributed by atoms with Crippen molar-refractivity contribution in [3.63, 3.8) is 0 Å². The van der Waals surface area contributed by atoms with Crippen molar-refractivity contribution in [1.29, 1.82) is 0 Å². The molecule has 1 aliphatic heterocycles. The summed E-state index contributed by atoms with van der Waals surface area (Å²) in [5.74, 6) is -1.92. The highest BCUT2D eigenvalue weighted by Crippen LogP contribution is 2.42. The lowest BCUT2D eigenvalue weighted by Gasteiger charge is -2.21. The van der Waals surface area contributed by atoms with Crippen LogP contribution >= 0.6 is 11.3 Å². The second kappa shape index (κ2) is 7.34. The van der Waals surface area contributed by atoms with Gasteiger partial charge in [-0.05, 0) is 44.0 Å². The number of carbonyl (C=O) groups is 2. The van der Waals surface area contributed by atoms with E-state index in [1.807, 2.05) is 29.7 Å². The van der Waals surface area contributed by atoms with Crippen molar-refractivity contribution in [3.05, 3.63) is 76.0 Å². The van der Waals surface area contributed by atoms with Gasteiger partial charge >= 0.3 is 5.91 Å². The van der Waals surface area contributed by atoms with E-state index < -0.39 is 17.7 Å². The second-order valence-electron chi connectivity index (χ2n) is 7.49. The first kappa shape index (κ1) is 20.0. The van der Waals surface area contributed by atoms with Crippen molar-refractivity contribution < 1.29 is 14.7 Å². The van der Waals surface area contributed by atoms with Crippen LogP contribution < -0.4 is 4.90 Å². The molecule has 160 valence electrons. The number of fused-ring (bicyclic) bond motifs is 1. The number of anilines is 1. The Balaban J connectivity index is 1.77. The molecule has 4 aromatic heterocycles. The molecule has 9 nitrogen and oxygen atoms in total. The normalized spacial score (nSPS) is 18.1. The standard InChI is InChI=1S/C22H18N6O3S/c1-11-6-5-9-27-12(2)16(24-20(11)27)18(29)15-17(14-7-4-8-23-10-14)28(21(31)19(15)30)22-26-25-13(3)32-22/h4-10,17,29H,1-3H3. The molecule has 4 aromatic rings. The van der Waals surface area contributed by atoms with Crippen LogP contribution in [-0.2, 0) is 9.59 Å². The van der Waals surface area contributed by atoms with Gasteiger partial charge in [-0.25, -0.2) is 4.98 Å². The molecular formula is C22H18N6O3S. The Morgan fingerprint density at radius 2 is 1.94 bits per heavy atom. The van der Waals surface area contributed by atoms with E-state index in [0.29, 0.717) is 21.9 Å². The van der Waals surface area contributed by atoms with E-state index in [2.05, 4.69) is 20.2 Å². The molecule has 0 saturated carbocycles. The second-order valence-corrected chi connectivity index (χ2v) is 8.65. The van der Waals surface area contributed by atoms with Gasteiger partial charge in [-0.1, -0.05) is 23.5 Å². The number of amides is 1. The summed E-state index contributed by atoms with van der Waals surface area (Å²) < 4.78 is 1.84. The van der Waals surface area contributed by atoms with Crippen LogP contribution in [0.2, 0.25) is 0 Å². The van der Waals surface area contributed by atoms with Gasteiger partial charge in [0.2, 0.25) is 5.13 Å². The van der Waals surface area contributed by atoms with Gasteiger partial charge in [0.1, 0.15) is 16.3 Å². The predicted octanol–water partition coefficient (Wildman–Crippen LogP) is 3.13. The maximum absolute atomic E-state index is 13.2. The minimum Gasteiger partial charge on any atom is -0.505 e. The van der Waals surface area contributed by atoms with Crippen LogP contribution in [0.4, 0.5) is 5.13 Å². The summed E-state index contributed by atoms with van der Waals surface area (Å²) in [6, 6.07) is 6.35. The molecule has 0 radical (unpaired) electrons. The van der Waals surface area contributed by atoms with Gasteiger partial charge in [0.15, 0.2) is 5.76 Å². The lowest BCUT2D eigenvalue weighted by molar-refractivity contribution is -0.132. The maximum atomic E-state index is 13.2. The molecule has 1 N–H and O–H groups in total. The highest BCUT2D eigenvalue weighted by molar-refractivity contribution is 7.15. The molecule has 1 aliphatic rings. The number of rotatable bonds is 3. The molecule has 1 fully saturated rings. The van der Waals surface area contributed by atoms with Crippen LogP contribution in [-0.4, -0.2) is 41.4 Å². The molecule has 1 amide bonds. The monoisotopic (exact) mass is 446 g/mol. The first-order chi connectivity index (χ1) is 15.4. The molecule has 0 aliphatic carbocycles. The Morgan fingerprint density at radius 1 is 1.12 bits per heavy atom. The van der Waals surface area contributed by atoms with Crippen molar-refractivity contribution in [1.82, 2.24) is 24.6 Å². The average Bonchev–Trinajstić information content (AvgIpc) is 3.44.